The van der Waals surface area contributed by atoms with Gasteiger partial charge in [0.25, 0.3) is 5.91 Å². The zero-order valence-corrected chi connectivity index (χ0v) is 17.0. The molecular weight excluding hydrogens is 388 g/mol. The van der Waals surface area contributed by atoms with Gasteiger partial charge in [-0.3, -0.25) is 4.79 Å². The second kappa shape index (κ2) is 8.52. The molecule has 1 amide bonds. The van der Waals surface area contributed by atoms with E-state index in [0.29, 0.717) is 30.4 Å². The number of carbonyl (C=O) groups is 1. The number of hydrogen-bond donors (Lipinski definition) is 0. The minimum absolute atomic E-state index is 0.0257. The Bertz CT molecular complexity index is 1210. The number of piperidine rings is 1. The summed E-state index contributed by atoms with van der Waals surface area (Å²) in [5.74, 6) is 1.15. The van der Waals surface area contributed by atoms with Gasteiger partial charge in [0.15, 0.2) is 5.82 Å². The van der Waals surface area contributed by atoms with Crippen molar-refractivity contribution in [3.8, 4) is 17.3 Å². The summed E-state index contributed by atoms with van der Waals surface area (Å²) in [7, 11) is 0. The summed E-state index contributed by atoms with van der Waals surface area (Å²) >= 11 is 0. The predicted octanol–water partition coefficient (Wildman–Crippen LogP) is 4.38. The van der Waals surface area contributed by atoms with Crippen LogP contribution >= 0.6 is 0 Å². The van der Waals surface area contributed by atoms with E-state index in [1.54, 1.807) is 24.7 Å². The van der Waals surface area contributed by atoms with E-state index in [2.05, 4.69) is 15.0 Å². The fourth-order valence-corrected chi connectivity index (χ4v) is 4.04. The fourth-order valence-electron chi connectivity index (χ4n) is 4.04. The van der Waals surface area contributed by atoms with E-state index < -0.39 is 0 Å². The second-order valence-corrected chi connectivity index (χ2v) is 7.59. The number of pyridine rings is 1. The summed E-state index contributed by atoms with van der Waals surface area (Å²) < 4.78 is 6.27. The number of likely N-dealkylation sites (tertiary alicyclic amines) is 1. The molecule has 6 heteroatoms. The summed E-state index contributed by atoms with van der Waals surface area (Å²) in [6.45, 7) is 1.22. The Balaban J connectivity index is 1.37. The van der Waals surface area contributed by atoms with Crippen molar-refractivity contribution in [2.75, 3.05) is 13.1 Å². The molecule has 1 atom stereocenters. The summed E-state index contributed by atoms with van der Waals surface area (Å²) in [4.78, 5) is 28.4. The number of ether oxygens (including phenoxy) is 1. The van der Waals surface area contributed by atoms with E-state index in [-0.39, 0.29) is 12.0 Å². The van der Waals surface area contributed by atoms with Crippen LogP contribution < -0.4 is 4.74 Å². The average molecular weight is 410 g/mol. The molecule has 0 bridgehead atoms. The molecule has 1 aliphatic rings. The van der Waals surface area contributed by atoms with Crippen LogP contribution in [0.15, 0.2) is 79.3 Å². The van der Waals surface area contributed by atoms with E-state index in [1.807, 2.05) is 59.5 Å². The quantitative estimate of drug-likeness (QED) is 0.500. The first-order valence-electron chi connectivity index (χ1n) is 10.5. The van der Waals surface area contributed by atoms with Gasteiger partial charge in [0.2, 0.25) is 5.88 Å². The monoisotopic (exact) mass is 410 g/mol. The van der Waals surface area contributed by atoms with Crippen LogP contribution in [0.5, 0.6) is 5.88 Å². The zero-order valence-electron chi connectivity index (χ0n) is 17.0. The highest BCUT2D eigenvalue weighted by Gasteiger charge is 2.28. The van der Waals surface area contributed by atoms with Crippen molar-refractivity contribution in [1.29, 1.82) is 0 Å². The van der Waals surface area contributed by atoms with Crippen molar-refractivity contribution >= 4 is 16.7 Å². The van der Waals surface area contributed by atoms with Crippen LogP contribution in [0.1, 0.15) is 23.2 Å². The van der Waals surface area contributed by atoms with Gasteiger partial charge in [0.1, 0.15) is 6.10 Å². The van der Waals surface area contributed by atoms with Crippen LogP contribution in [0.3, 0.4) is 0 Å². The highest BCUT2D eigenvalue weighted by atomic mass is 16.5. The standard InChI is InChI=1S/C25H22N4O2/c30-25(22-11-4-3-10-21(22)23-26-13-6-14-27-23)29-16-5-8-19(17-29)31-24-20-9-2-1-7-18(20)12-15-28-24/h1-4,6-7,9-15,19H,5,8,16-17H2/t19-/m1/s1. The predicted molar refractivity (Wildman–Crippen MR) is 119 cm³/mol. The molecule has 0 unspecified atom stereocenters. The summed E-state index contributed by atoms with van der Waals surface area (Å²) in [5, 5.41) is 2.08. The van der Waals surface area contributed by atoms with Crippen LogP contribution in [0.25, 0.3) is 22.2 Å². The molecule has 2 aromatic carbocycles. The van der Waals surface area contributed by atoms with Crippen molar-refractivity contribution < 1.29 is 9.53 Å². The molecule has 5 rings (SSSR count). The number of aromatic nitrogens is 3. The minimum Gasteiger partial charge on any atom is -0.472 e. The first-order valence-corrected chi connectivity index (χ1v) is 10.5. The van der Waals surface area contributed by atoms with E-state index in [1.165, 1.54) is 0 Å². The summed E-state index contributed by atoms with van der Waals surface area (Å²) in [6, 6.07) is 19.3. The molecule has 0 radical (unpaired) electrons. The molecule has 0 spiro atoms. The SMILES string of the molecule is O=C(c1ccccc1-c1ncccn1)N1CCC[C@@H](Oc2nccc3ccccc23)C1. The van der Waals surface area contributed by atoms with Gasteiger partial charge < -0.3 is 9.64 Å². The molecule has 6 nitrogen and oxygen atoms in total. The van der Waals surface area contributed by atoms with Gasteiger partial charge in [-0.05, 0) is 42.5 Å². The molecule has 1 aliphatic heterocycles. The second-order valence-electron chi connectivity index (χ2n) is 7.59. The number of rotatable bonds is 4. The van der Waals surface area contributed by atoms with Crippen LogP contribution in [0.4, 0.5) is 0 Å². The molecule has 31 heavy (non-hydrogen) atoms. The Morgan fingerprint density at radius 2 is 1.71 bits per heavy atom. The molecule has 3 heterocycles. The Labute approximate surface area is 180 Å². The van der Waals surface area contributed by atoms with Gasteiger partial charge in [-0.2, -0.15) is 0 Å². The van der Waals surface area contributed by atoms with Crippen LogP contribution in [0, 0.1) is 0 Å². The maximum atomic E-state index is 13.4. The molecular formula is C25H22N4O2. The number of benzene rings is 2. The summed E-state index contributed by atoms with van der Waals surface area (Å²) in [5.41, 5.74) is 1.35. The van der Waals surface area contributed by atoms with Gasteiger partial charge in [-0.25, -0.2) is 15.0 Å². The van der Waals surface area contributed by atoms with Crippen molar-refractivity contribution in [2.24, 2.45) is 0 Å². The lowest BCUT2D eigenvalue weighted by atomic mass is 10.0. The lowest BCUT2D eigenvalue weighted by molar-refractivity contribution is 0.0532. The lowest BCUT2D eigenvalue weighted by Crippen LogP contribution is -2.44. The number of hydrogen-bond acceptors (Lipinski definition) is 5. The third-order valence-corrected chi connectivity index (χ3v) is 5.54. The van der Waals surface area contributed by atoms with Gasteiger partial charge in [-0.15, -0.1) is 0 Å². The van der Waals surface area contributed by atoms with E-state index in [4.69, 9.17) is 4.74 Å². The van der Waals surface area contributed by atoms with E-state index >= 15 is 0 Å². The normalized spacial score (nSPS) is 16.3. The maximum absolute atomic E-state index is 13.4. The number of carbonyl (C=O) groups excluding carboxylic acids is 1. The van der Waals surface area contributed by atoms with Gasteiger partial charge in [0, 0.05) is 36.1 Å². The third-order valence-electron chi connectivity index (χ3n) is 5.54. The van der Waals surface area contributed by atoms with Crippen molar-refractivity contribution in [2.45, 2.75) is 18.9 Å². The highest BCUT2D eigenvalue weighted by molar-refractivity contribution is 6.00. The number of amides is 1. The lowest BCUT2D eigenvalue weighted by Gasteiger charge is -2.33. The van der Waals surface area contributed by atoms with Crippen molar-refractivity contribution in [3.05, 3.63) is 84.8 Å². The largest absolute Gasteiger partial charge is 0.472 e. The Hall–Kier alpha value is -3.80. The number of nitrogens with zero attached hydrogens (tertiary/aromatic N) is 4. The fraction of sp³-hybridized carbons (Fsp3) is 0.200. The van der Waals surface area contributed by atoms with Crippen LogP contribution in [-0.2, 0) is 0 Å². The first-order chi connectivity index (χ1) is 15.3. The molecule has 0 N–H and O–H groups in total. The van der Waals surface area contributed by atoms with Crippen molar-refractivity contribution in [3.63, 3.8) is 0 Å². The smallest absolute Gasteiger partial charge is 0.254 e. The van der Waals surface area contributed by atoms with Gasteiger partial charge in [0.05, 0.1) is 12.1 Å². The first kappa shape index (κ1) is 19.2. The molecule has 4 aromatic rings. The topological polar surface area (TPSA) is 68.2 Å². The Morgan fingerprint density at radius 3 is 2.61 bits per heavy atom. The number of fused-ring (bicyclic) bond motifs is 1. The average Bonchev–Trinajstić information content (AvgIpc) is 2.84. The summed E-state index contributed by atoms with van der Waals surface area (Å²) in [6.07, 6.45) is 6.80. The Kier molecular flexibility index (Phi) is 5.27. The third kappa shape index (κ3) is 3.97. The van der Waals surface area contributed by atoms with Crippen LogP contribution in [-0.4, -0.2) is 45.0 Å². The molecule has 0 saturated carbocycles. The zero-order chi connectivity index (χ0) is 21.0. The van der Waals surface area contributed by atoms with Crippen molar-refractivity contribution in [1.82, 2.24) is 19.9 Å². The van der Waals surface area contributed by atoms with Crippen LogP contribution in [0.2, 0.25) is 0 Å². The molecule has 1 saturated heterocycles. The van der Waals surface area contributed by atoms with Gasteiger partial charge in [-0.1, -0.05) is 36.4 Å². The molecule has 0 aliphatic carbocycles. The molecule has 154 valence electrons. The van der Waals surface area contributed by atoms with E-state index in [9.17, 15) is 4.79 Å². The molecule has 2 aromatic heterocycles. The Morgan fingerprint density at radius 1 is 0.903 bits per heavy atom. The van der Waals surface area contributed by atoms with E-state index in [0.717, 1.165) is 29.2 Å². The maximum Gasteiger partial charge on any atom is 0.254 e. The highest BCUT2D eigenvalue weighted by Crippen LogP contribution is 2.27. The minimum atomic E-state index is -0.101. The molecule has 1 fully saturated rings. The van der Waals surface area contributed by atoms with Gasteiger partial charge >= 0.3 is 0 Å².